The number of allylic oxidation sites excluding steroid dienone is 1. The van der Waals surface area contributed by atoms with Gasteiger partial charge >= 0.3 is 6.09 Å². The number of ether oxygens (including phenoxy) is 4. The van der Waals surface area contributed by atoms with Crippen molar-refractivity contribution in [2.24, 2.45) is 0 Å². The van der Waals surface area contributed by atoms with Gasteiger partial charge in [0.1, 0.15) is 17.1 Å². The molecule has 2 aliphatic heterocycles. The standard InChI is InChI=1S/C25H31NO4.C25H31NO2/c1-16(27)20-15-25(5,6)26(23(28)30-24(2,3)4)21-13-12-17(14-19(20)21)18-10-8-9-11-22(18)29-7;1-6-7-10-15-28-18(2)22-17-25(3,4)26-23-14-13-19(16-21(22)23)20-11-8-9-12-24(20)27-5/h8-16,27H,1-7H3;7-14,16-18,26H,6,15H2,1-5H3/b;10-7+. The van der Waals surface area contributed by atoms with Gasteiger partial charge in [0.25, 0.3) is 0 Å². The van der Waals surface area contributed by atoms with Crippen LogP contribution in [0.5, 0.6) is 11.5 Å². The number of fused-ring (bicyclic) bond motifs is 2. The van der Waals surface area contributed by atoms with Crippen molar-refractivity contribution in [3.05, 3.63) is 120 Å². The summed E-state index contributed by atoms with van der Waals surface area (Å²) in [5.74, 6) is 1.64. The van der Waals surface area contributed by atoms with Crippen LogP contribution < -0.4 is 19.7 Å². The first-order chi connectivity index (χ1) is 27.4. The minimum absolute atomic E-state index is 0.00884. The van der Waals surface area contributed by atoms with Crippen molar-refractivity contribution in [3.8, 4) is 33.8 Å². The Kier molecular flexibility index (Phi) is 13.7. The van der Waals surface area contributed by atoms with E-state index in [4.69, 9.17) is 18.9 Å². The number of rotatable bonds is 10. The van der Waals surface area contributed by atoms with E-state index in [0.717, 1.165) is 57.0 Å². The van der Waals surface area contributed by atoms with Gasteiger partial charge in [0.15, 0.2) is 0 Å². The van der Waals surface area contributed by atoms with Crippen molar-refractivity contribution >= 4 is 28.6 Å². The molecule has 2 aliphatic rings. The topological polar surface area (TPSA) is 89.5 Å². The fraction of sp³-hybridized carbons (Fsp3) is 0.380. The molecule has 6 rings (SSSR count). The third-order valence-electron chi connectivity index (χ3n) is 10.1. The number of amides is 1. The number of aliphatic hydroxyl groups excluding tert-OH is 1. The summed E-state index contributed by atoms with van der Waals surface area (Å²) >= 11 is 0. The smallest absolute Gasteiger partial charge is 0.415 e. The van der Waals surface area contributed by atoms with Crippen LogP contribution in [-0.4, -0.2) is 60.9 Å². The molecule has 8 nitrogen and oxygen atoms in total. The Labute approximate surface area is 346 Å². The second-order valence-corrected chi connectivity index (χ2v) is 16.9. The number of anilines is 2. The molecule has 0 saturated heterocycles. The van der Waals surface area contributed by atoms with Crippen molar-refractivity contribution in [1.82, 2.24) is 0 Å². The normalized spacial score (nSPS) is 16.3. The van der Waals surface area contributed by atoms with Crippen LogP contribution in [0.3, 0.4) is 0 Å². The first-order valence-electron chi connectivity index (χ1n) is 20.2. The van der Waals surface area contributed by atoms with Crippen molar-refractivity contribution < 1.29 is 28.8 Å². The third-order valence-corrected chi connectivity index (χ3v) is 10.1. The molecule has 0 aromatic heterocycles. The number of para-hydroxylation sites is 2. The fourth-order valence-electron chi connectivity index (χ4n) is 7.49. The first kappa shape index (κ1) is 43.8. The molecule has 0 radical (unpaired) electrons. The maximum absolute atomic E-state index is 13.1. The van der Waals surface area contributed by atoms with Crippen LogP contribution in [-0.2, 0) is 9.47 Å². The lowest BCUT2D eigenvalue weighted by Gasteiger charge is -2.42. The highest BCUT2D eigenvalue weighted by atomic mass is 16.6. The van der Waals surface area contributed by atoms with Gasteiger partial charge in [0.2, 0.25) is 0 Å². The molecule has 8 heteroatoms. The third kappa shape index (κ3) is 10.2. The summed E-state index contributed by atoms with van der Waals surface area (Å²) in [6.45, 7) is 20.4. The lowest BCUT2D eigenvalue weighted by atomic mass is 9.85. The molecule has 308 valence electrons. The minimum Gasteiger partial charge on any atom is -0.496 e. The van der Waals surface area contributed by atoms with Crippen LogP contribution in [0.15, 0.2) is 109 Å². The van der Waals surface area contributed by atoms with Gasteiger partial charge in [-0.05, 0) is 127 Å². The molecule has 0 fully saturated rings. The monoisotopic (exact) mass is 786 g/mol. The first-order valence-corrected chi connectivity index (χ1v) is 20.2. The molecule has 2 heterocycles. The molecule has 2 N–H and O–H groups in total. The Balaban J connectivity index is 0.000000221. The number of aliphatic hydroxyl groups is 1. The Morgan fingerprint density at radius 1 is 0.776 bits per heavy atom. The molecule has 4 aromatic carbocycles. The Hall–Kier alpha value is -5.31. The Morgan fingerprint density at radius 2 is 1.34 bits per heavy atom. The van der Waals surface area contributed by atoms with Crippen molar-refractivity contribution in [2.45, 2.75) is 105 Å². The van der Waals surface area contributed by atoms with E-state index in [2.05, 4.69) is 75.5 Å². The number of hydrogen-bond donors (Lipinski definition) is 2. The lowest BCUT2D eigenvalue weighted by molar-refractivity contribution is 0.0555. The summed E-state index contributed by atoms with van der Waals surface area (Å²) in [6.07, 6.45) is 8.40. The number of carbonyl (C=O) groups is 1. The van der Waals surface area contributed by atoms with Gasteiger partial charge in [-0.15, -0.1) is 0 Å². The number of nitrogens with zero attached hydrogens (tertiary/aromatic N) is 1. The second kappa shape index (κ2) is 18.1. The largest absolute Gasteiger partial charge is 0.496 e. The highest BCUT2D eigenvalue weighted by Crippen LogP contribution is 2.44. The molecule has 0 bridgehead atoms. The molecule has 1 amide bonds. The summed E-state index contributed by atoms with van der Waals surface area (Å²) in [5.41, 5.74) is 8.59. The van der Waals surface area contributed by atoms with Gasteiger partial charge in [-0.2, -0.15) is 0 Å². The maximum atomic E-state index is 13.1. The molecular formula is C50H62N2O6. The van der Waals surface area contributed by atoms with E-state index in [9.17, 15) is 9.90 Å². The molecule has 4 aromatic rings. The number of methoxy groups -OCH3 is 2. The number of benzene rings is 4. The average Bonchev–Trinajstić information content (AvgIpc) is 3.17. The average molecular weight is 787 g/mol. The van der Waals surface area contributed by atoms with Gasteiger partial charge in [0.05, 0.1) is 49.8 Å². The van der Waals surface area contributed by atoms with E-state index in [1.54, 1.807) is 26.0 Å². The Morgan fingerprint density at radius 3 is 1.90 bits per heavy atom. The summed E-state index contributed by atoms with van der Waals surface area (Å²) < 4.78 is 22.9. The molecule has 0 aliphatic carbocycles. The van der Waals surface area contributed by atoms with Crippen molar-refractivity contribution in [3.63, 3.8) is 0 Å². The van der Waals surface area contributed by atoms with Gasteiger partial charge in [-0.3, -0.25) is 4.90 Å². The summed E-state index contributed by atoms with van der Waals surface area (Å²) in [4.78, 5) is 14.8. The predicted molar refractivity (Wildman–Crippen MR) is 240 cm³/mol. The van der Waals surface area contributed by atoms with E-state index in [1.807, 2.05) is 101 Å². The fourth-order valence-corrected chi connectivity index (χ4v) is 7.49. The number of hydrogen-bond acceptors (Lipinski definition) is 7. The van der Waals surface area contributed by atoms with Crippen LogP contribution in [0.25, 0.3) is 33.4 Å². The molecule has 2 unspecified atom stereocenters. The maximum Gasteiger partial charge on any atom is 0.415 e. The molecule has 2 atom stereocenters. The van der Waals surface area contributed by atoms with Crippen molar-refractivity contribution in [2.75, 3.05) is 31.0 Å². The van der Waals surface area contributed by atoms with Crippen LogP contribution in [0.2, 0.25) is 0 Å². The van der Waals surface area contributed by atoms with Crippen molar-refractivity contribution in [1.29, 1.82) is 0 Å². The van der Waals surface area contributed by atoms with E-state index in [0.29, 0.717) is 12.3 Å². The second-order valence-electron chi connectivity index (χ2n) is 16.9. The zero-order chi connectivity index (χ0) is 42.4. The SMILES string of the molecule is CC/C=C/COC(C)C1=CC(C)(C)Nc2ccc(-c3ccccc3OC)cc21.COc1ccccc1-c1ccc2c(c1)C(C(C)O)=CC(C)(C)N2C(=O)OC(C)(C)C. The predicted octanol–water partition coefficient (Wildman–Crippen LogP) is 12.0. The molecule has 0 saturated carbocycles. The van der Waals surface area contributed by atoms with E-state index in [-0.39, 0.29) is 11.6 Å². The quantitative estimate of drug-likeness (QED) is 0.155. The van der Waals surface area contributed by atoms with Crippen LogP contribution in [0.4, 0.5) is 16.2 Å². The highest BCUT2D eigenvalue weighted by molar-refractivity contribution is 5.99. The summed E-state index contributed by atoms with van der Waals surface area (Å²) in [7, 11) is 3.36. The number of nitrogens with one attached hydrogen (secondary N) is 1. The Bertz CT molecular complexity index is 2170. The zero-order valence-corrected chi connectivity index (χ0v) is 36.4. The summed E-state index contributed by atoms with van der Waals surface area (Å²) in [6, 6.07) is 28.4. The van der Waals surface area contributed by atoms with Gasteiger partial charge in [-0.25, -0.2) is 4.79 Å². The van der Waals surface area contributed by atoms with Gasteiger partial charge in [0, 0.05) is 27.9 Å². The van der Waals surface area contributed by atoms with Gasteiger partial charge < -0.3 is 29.4 Å². The molecular weight excluding hydrogens is 725 g/mol. The van der Waals surface area contributed by atoms with E-state index >= 15 is 0 Å². The van der Waals surface area contributed by atoms with E-state index in [1.165, 1.54) is 11.1 Å². The number of carbonyl (C=O) groups excluding carboxylic acids is 1. The highest BCUT2D eigenvalue weighted by Gasteiger charge is 2.40. The van der Waals surface area contributed by atoms with Crippen LogP contribution >= 0.6 is 0 Å². The molecule has 58 heavy (non-hydrogen) atoms. The summed E-state index contributed by atoms with van der Waals surface area (Å²) in [5, 5.41) is 14.1. The van der Waals surface area contributed by atoms with Gasteiger partial charge in [-0.1, -0.05) is 79.8 Å². The van der Waals surface area contributed by atoms with E-state index < -0.39 is 23.3 Å². The minimum atomic E-state index is -0.684. The lowest BCUT2D eigenvalue weighted by Crippen LogP contribution is -2.51. The van der Waals surface area contributed by atoms with Crippen LogP contribution in [0.1, 0.15) is 86.8 Å². The molecule has 0 spiro atoms. The van der Waals surface area contributed by atoms with Crippen LogP contribution in [0, 0.1) is 0 Å². The zero-order valence-electron chi connectivity index (χ0n) is 36.4.